The van der Waals surface area contributed by atoms with Crippen molar-refractivity contribution in [3.63, 3.8) is 0 Å². The molecule has 108 valence electrons. The van der Waals surface area contributed by atoms with Crippen LogP contribution < -0.4 is 10.1 Å². The molecule has 0 bridgehead atoms. The predicted octanol–water partition coefficient (Wildman–Crippen LogP) is 3.89. The van der Waals surface area contributed by atoms with Gasteiger partial charge in [0.25, 0.3) is 0 Å². The maximum atomic E-state index is 13.0. The summed E-state index contributed by atoms with van der Waals surface area (Å²) in [6, 6.07) is 8.01. The molecule has 0 saturated heterocycles. The minimum Gasteiger partial charge on any atom is -0.486 e. The van der Waals surface area contributed by atoms with Crippen LogP contribution in [0.3, 0.4) is 0 Å². The molecule has 0 aliphatic rings. The van der Waals surface area contributed by atoms with Gasteiger partial charge in [-0.25, -0.2) is 4.39 Å². The predicted molar refractivity (Wildman–Crippen MR) is 76.0 cm³/mol. The number of furan rings is 1. The topological polar surface area (TPSA) is 34.4 Å². The summed E-state index contributed by atoms with van der Waals surface area (Å²) < 4.78 is 23.9. The van der Waals surface area contributed by atoms with Crippen LogP contribution in [0.1, 0.15) is 32.1 Å². The summed E-state index contributed by atoms with van der Waals surface area (Å²) in [6.45, 7) is 7.37. The second-order valence-corrected chi connectivity index (χ2v) is 5.77. The lowest BCUT2D eigenvalue weighted by molar-refractivity contribution is 0.269. The molecule has 0 radical (unpaired) electrons. The van der Waals surface area contributed by atoms with Crippen LogP contribution in [-0.2, 0) is 13.2 Å². The van der Waals surface area contributed by atoms with Gasteiger partial charge in [0.15, 0.2) is 0 Å². The highest BCUT2D eigenvalue weighted by atomic mass is 19.1. The fourth-order valence-electron chi connectivity index (χ4n) is 1.67. The first-order valence-electron chi connectivity index (χ1n) is 6.62. The van der Waals surface area contributed by atoms with Gasteiger partial charge in [-0.15, -0.1) is 0 Å². The third-order valence-electron chi connectivity index (χ3n) is 2.71. The number of benzene rings is 1. The van der Waals surface area contributed by atoms with Crippen LogP contribution >= 0.6 is 0 Å². The standard InChI is InChI=1S/C16H20FNO2/c1-16(2,3)18-9-12-7-15(19-10-12)11-20-14-6-4-5-13(17)8-14/h4-8,10,18H,9,11H2,1-3H3. The van der Waals surface area contributed by atoms with E-state index in [9.17, 15) is 4.39 Å². The van der Waals surface area contributed by atoms with Gasteiger partial charge in [0.1, 0.15) is 23.9 Å². The number of rotatable bonds is 5. The highest BCUT2D eigenvalue weighted by molar-refractivity contribution is 5.23. The highest BCUT2D eigenvalue weighted by Crippen LogP contribution is 2.16. The molecule has 0 spiro atoms. The number of halogens is 1. The van der Waals surface area contributed by atoms with Crippen molar-refractivity contribution >= 4 is 0 Å². The van der Waals surface area contributed by atoms with Crippen LogP contribution in [0.4, 0.5) is 4.39 Å². The van der Waals surface area contributed by atoms with Gasteiger partial charge in [0, 0.05) is 23.7 Å². The number of ether oxygens (including phenoxy) is 1. The Bertz CT molecular complexity index is 558. The second-order valence-electron chi connectivity index (χ2n) is 5.77. The Morgan fingerprint density at radius 2 is 2.05 bits per heavy atom. The molecular weight excluding hydrogens is 257 g/mol. The average molecular weight is 277 g/mol. The fourth-order valence-corrected chi connectivity index (χ4v) is 1.67. The third kappa shape index (κ3) is 4.70. The smallest absolute Gasteiger partial charge is 0.146 e. The summed E-state index contributed by atoms with van der Waals surface area (Å²) in [5.41, 5.74) is 1.13. The summed E-state index contributed by atoms with van der Waals surface area (Å²) in [4.78, 5) is 0. The molecule has 0 aliphatic carbocycles. The van der Waals surface area contributed by atoms with Crippen molar-refractivity contribution in [2.24, 2.45) is 0 Å². The summed E-state index contributed by atoms with van der Waals surface area (Å²) >= 11 is 0. The molecule has 0 unspecified atom stereocenters. The lowest BCUT2D eigenvalue weighted by Crippen LogP contribution is -2.34. The van der Waals surface area contributed by atoms with Crippen molar-refractivity contribution in [1.29, 1.82) is 0 Å². The maximum absolute atomic E-state index is 13.0. The second kappa shape index (κ2) is 6.09. The molecule has 1 heterocycles. The molecular formula is C16H20FNO2. The Morgan fingerprint density at radius 1 is 1.25 bits per heavy atom. The monoisotopic (exact) mass is 277 g/mol. The maximum Gasteiger partial charge on any atom is 0.146 e. The average Bonchev–Trinajstić information content (AvgIpc) is 2.81. The quantitative estimate of drug-likeness (QED) is 0.900. The van der Waals surface area contributed by atoms with E-state index in [0.717, 1.165) is 17.9 Å². The summed E-state index contributed by atoms with van der Waals surface area (Å²) in [6.07, 6.45) is 1.71. The van der Waals surface area contributed by atoms with Crippen molar-refractivity contribution in [2.45, 2.75) is 39.5 Å². The molecule has 3 nitrogen and oxygen atoms in total. The molecule has 2 aromatic rings. The minimum absolute atomic E-state index is 0.0650. The normalized spacial score (nSPS) is 11.6. The summed E-state index contributed by atoms with van der Waals surface area (Å²) in [5.74, 6) is 0.910. The van der Waals surface area contributed by atoms with E-state index in [0.29, 0.717) is 12.4 Å². The molecule has 2 rings (SSSR count). The van der Waals surface area contributed by atoms with Gasteiger partial charge >= 0.3 is 0 Å². The van der Waals surface area contributed by atoms with Crippen molar-refractivity contribution in [3.05, 3.63) is 53.7 Å². The molecule has 20 heavy (non-hydrogen) atoms. The molecule has 0 amide bonds. The van der Waals surface area contributed by atoms with E-state index in [1.807, 2.05) is 6.07 Å². The molecule has 1 aromatic heterocycles. The van der Waals surface area contributed by atoms with Crippen molar-refractivity contribution in [1.82, 2.24) is 5.32 Å². The van der Waals surface area contributed by atoms with Crippen LogP contribution in [0, 0.1) is 5.82 Å². The molecule has 1 aromatic carbocycles. The molecule has 4 heteroatoms. The number of nitrogens with one attached hydrogen (secondary N) is 1. The van der Waals surface area contributed by atoms with Crippen molar-refractivity contribution in [2.75, 3.05) is 0 Å². The zero-order chi connectivity index (χ0) is 14.6. The van der Waals surface area contributed by atoms with E-state index in [-0.39, 0.29) is 11.4 Å². The van der Waals surface area contributed by atoms with E-state index < -0.39 is 0 Å². The van der Waals surface area contributed by atoms with E-state index in [2.05, 4.69) is 26.1 Å². The first-order chi connectivity index (χ1) is 9.42. The number of hydrogen-bond donors (Lipinski definition) is 1. The van der Waals surface area contributed by atoms with Crippen LogP contribution in [0.5, 0.6) is 5.75 Å². The molecule has 1 N–H and O–H groups in total. The third-order valence-corrected chi connectivity index (χ3v) is 2.71. The largest absolute Gasteiger partial charge is 0.486 e. The van der Waals surface area contributed by atoms with E-state index in [1.165, 1.54) is 12.1 Å². The van der Waals surface area contributed by atoms with E-state index in [4.69, 9.17) is 9.15 Å². The summed E-state index contributed by atoms with van der Waals surface area (Å²) in [7, 11) is 0. The minimum atomic E-state index is -0.308. The van der Waals surface area contributed by atoms with Crippen molar-refractivity contribution < 1.29 is 13.5 Å². The van der Waals surface area contributed by atoms with Gasteiger partial charge in [0.2, 0.25) is 0 Å². The first-order valence-corrected chi connectivity index (χ1v) is 6.62. The summed E-state index contributed by atoms with van der Waals surface area (Å²) in [5, 5.41) is 3.38. The lowest BCUT2D eigenvalue weighted by Gasteiger charge is -2.19. The van der Waals surface area contributed by atoms with Gasteiger partial charge in [-0.1, -0.05) is 6.07 Å². The van der Waals surface area contributed by atoms with Crippen LogP contribution in [0.2, 0.25) is 0 Å². The first kappa shape index (κ1) is 14.6. The van der Waals surface area contributed by atoms with E-state index in [1.54, 1.807) is 18.4 Å². The fraction of sp³-hybridized carbons (Fsp3) is 0.375. The Morgan fingerprint density at radius 3 is 2.75 bits per heavy atom. The Kier molecular flexibility index (Phi) is 4.45. The van der Waals surface area contributed by atoms with Gasteiger partial charge in [-0.3, -0.25) is 0 Å². The molecule has 0 atom stereocenters. The molecule has 0 aliphatic heterocycles. The number of hydrogen-bond acceptors (Lipinski definition) is 3. The van der Waals surface area contributed by atoms with Gasteiger partial charge in [-0.2, -0.15) is 0 Å². The van der Waals surface area contributed by atoms with E-state index >= 15 is 0 Å². The zero-order valence-corrected chi connectivity index (χ0v) is 12.1. The zero-order valence-electron chi connectivity index (χ0n) is 12.1. The van der Waals surface area contributed by atoms with Gasteiger partial charge < -0.3 is 14.5 Å². The van der Waals surface area contributed by atoms with Gasteiger partial charge in [0.05, 0.1) is 6.26 Å². The van der Waals surface area contributed by atoms with Crippen molar-refractivity contribution in [3.8, 4) is 5.75 Å². The molecule has 0 saturated carbocycles. The Labute approximate surface area is 118 Å². The Hall–Kier alpha value is -1.81. The van der Waals surface area contributed by atoms with Crippen LogP contribution in [-0.4, -0.2) is 5.54 Å². The SMILES string of the molecule is CC(C)(C)NCc1coc(COc2cccc(F)c2)c1. The van der Waals surface area contributed by atoms with Crippen LogP contribution in [0.15, 0.2) is 41.0 Å². The Balaban J connectivity index is 1.87. The lowest BCUT2D eigenvalue weighted by atomic mass is 10.1. The molecule has 0 fully saturated rings. The van der Waals surface area contributed by atoms with Crippen LogP contribution in [0.25, 0.3) is 0 Å². The van der Waals surface area contributed by atoms with Gasteiger partial charge in [-0.05, 0) is 39.0 Å². The highest BCUT2D eigenvalue weighted by Gasteiger charge is 2.10.